The maximum absolute atomic E-state index is 13.8. The van der Waals surface area contributed by atoms with E-state index in [1.807, 2.05) is 0 Å². The number of hydrogen-bond donors (Lipinski definition) is 8. The van der Waals surface area contributed by atoms with Crippen molar-refractivity contribution in [1.29, 1.82) is 0 Å². The van der Waals surface area contributed by atoms with Crippen molar-refractivity contribution in [2.24, 2.45) is 28.3 Å². The Labute approximate surface area is 404 Å². The number of carbonyl (C=O) groups excluding carboxylic acids is 8. The van der Waals surface area contributed by atoms with Crippen LogP contribution in [0.3, 0.4) is 0 Å². The van der Waals surface area contributed by atoms with Crippen LogP contribution in [0.4, 0.5) is 0 Å². The van der Waals surface area contributed by atoms with Gasteiger partial charge in [0.1, 0.15) is 44.0 Å². The average Bonchev–Trinajstić information content (AvgIpc) is 3.33. The highest BCUT2D eigenvalue weighted by Gasteiger charge is 2.33. The van der Waals surface area contributed by atoms with Crippen LogP contribution in [0.1, 0.15) is 70.1 Å². The van der Waals surface area contributed by atoms with Crippen LogP contribution in [-0.2, 0) is 72.4 Å². The average molecular weight is 975 g/mol. The maximum Gasteiger partial charge on any atom is 0.329 e. The Balaban J connectivity index is 1.74. The molecule has 0 spiro atoms. The molecule has 23 nitrogen and oxygen atoms in total. The molecule has 70 heavy (non-hydrogen) atoms. The van der Waals surface area contributed by atoms with Crippen LogP contribution >= 0.6 is 0 Å². The van der Waals surface area contributed by atoms with Gasteiger partial charge in [-0.3, -0.25) is 33.6 Å². The third-order valence-corrected chi connectivity index (χ3v) is 10.1. The molecule has 0 aromatic heterocycles. The van der Waals surface area contributed by atoms with Crippen molar-refractivity contribution in [2.75, 3.05) is 13.1 Å². The Morgan fingerprint density at radius 1 is 0.614 bits per heavy atom. The molecule has 0 radical (unpaired) electrons. The van der Waals surface area contributed by atoms with Crippen LogP contribution < -0.4 is 43.5 Å². The van der Waals surface area contributed by atoms with Crippen molar-refractivity contribution in [2.45, 2.75) is 103 Å². The minimum absolute atomic E-state index is 0.0114. The SMILES string of the molecule is CC(C)[C@H](NC(=O)[C@@H](N)CC(=O)OCc1ccccc1)C(=O)N[C@@H](CCCN=C(N)N[N+](=O)[O-])C(=O)NCC(=O)N[C@@H](CC(=O)OCc1ccccc1)C(=O)N[C@H](C(=O)OCc1ccccc1)C(C)C. The Bertz CT molecular complexity index is 2250. The number of carbonyl (C=O) groups is 8. The molecule has 3 rings (SSSR count). The molecule has 23 heteroatoms. The quantitative estimate of drug-likeness (QED) is 0.00938. The van der Waals surface area contributed by atoms with E-state index in [0.717, 1.165) is 0 Å². The van der Waals surface area contributed by atoms with Crippen molar-refractivity contribution >= 4 is 53.4 Å². The summed E-state index contributed by atoms with van der Waals surface area (Å²) in [6.07, 6.45) is -1.35. The molecule has 0 saturated heterocycles. The number of nitrogens with two attached hydrogens (primary N) is 2. The third-order valence-electron chi connectivity index (χ3n) is 10.1. The van der Waals surface area contributed by atoms with E-state index in [1.165, 1.54) is 0 Å². The number of nitrogens with one attached hydrogen (secondary N) is 6. The third kappa shape index (κ3) is 21.3. The van der Waals surface area contributed by atoms with Crippen molar-refractivity contribution < 1.29 is 57.6 Å². The smallest absolute Gasteiger partial charge is 0.329 e. The summed E-state index contributed by atoms with van der Waals surface area (Å²) in [5.74, 6) is -8.55. The van der Waals surface area contributed by atoms with Gasteiger partial charge >= 0.3 is 17.9 Å². The fraction of sp³-hybridized carbons (Fsp3) is 0.426. The summed E-state index contributed by atoms with van der Waals surface area (Å²) in [5.41, 5.74) is 15.2. The number of hydrazine groups is 1. The molecule has 0 saturated carbocycles. The van der Waals surface area contributed by atoms with Crippen LogP contribution in [0.2, 0.25) is 0 Å². The molecular formula is C47H62N10O13. The predicted octanol–water partition coefficient (Wildman–Crippen LogP) is 0.568. The Hall–Kier alpha value is -7.95. The van der Waals surface area contributed by atoms with Crippen molar-refractivity contribution in [1.82, 2.24) is 32.0 Å². The summed E-state index contributed by atoms with van der Waals surface area (Å²) >= 11 is 0. The minimum atomic E-state index is -1.62. The van der Waals surface area contributed by atoms with Gasteiger partial charge in [-0.05, 0) is 41.4 Å². The zero-order valence-corrected chi connectivity index (χ0v) is 39.4. The number of nitro groups is 1. The highest BCUT2D eigenvalue weighted by molar-refractivity contribution is 5.96. The Morgan fingerprint density at radius 2 is 1.10 bits per heavy atom. The van der Waals surface area contributed by atoms with E-state index in [2.05, 4.69) is 31.6 Å². The largest absolute Gasteiger partial charge is 0.461 e. The molecule has 0 aliphatic carbocycles. The fourth-order valence-corrected chi connectivity index (χ4v) is 6.30. The summed E-state index contributed by atoms with van der Waals surface area (Å²) in [7, 11) is 0. The Morgan fingerprint density at radius 3 is 1.60 bits per heavy atom. The number of guanidine groups is 1. The van der Waals surface area contributed by atoms with Crippen LogP contribution in [0, 0.1) is 22.0 Å². The highest BCUT2D eigenvalue weighted by Crippen LogP contribution is 2.11. The lowest BCUT2D eigenvalue weighted by Gasteiger charge is -2.26. The number of benzene rings is 3. The first-order valence-electron chi connectivity index (χ1n) is 22.4. The van der Waals surface area contributed by atoms with E-state index in [9.17, 15) is 48.5 Å². The molecule has 378 valence electrons. The molecular weight excluding hydrogens is 913 g/mol. The van der Waals surface area contributed by atoms with Gasteiger partial charge < -0.3 is 52.3 Å². The van der Waals surface area contributed by atoms with Gasteiger partial charge in [-0.2, -0.15) is 0 Å². The maximum atomic E-state index is 13.8. The standard InChI is InChI=1S/C47H62N10O13/c1-29(2)40(54-42(61)34(48)23-38(59)68-26-31-15-8-5-9-16-31)45(64)53-35(21-14-22-50-47(49)56-57(66)67)43(62)51-25-37(58)52-36(24-39(60)69-27-32-17-10-6-11-18-32)44(63)55-41(30(3)4)46(65)70-28-33-19-12-7-13-20-33/h5-13,15-20,29-30,34-36,40-41H,14,21-28,48H2,1-4H3,(H,51,62)(H,52,58)(H,53,64)(H,54,61)(H,55,63)(H3,49,50,56)/t34-,35-,36-,40-,41-/m0/s1. The summed E-state index contributed by atoms with van der Waals surface area (Å²) in [4.78, 5) is 121. The van der Waals surface area contributed by atoms with Crippen LogP contribution in [0.25, 0.3) is 0 Å². The van der Waals surface area contributed by atoms with E-state index in [1.54, 1.807) is 124 Å². The van der Waals surface area contributed by atoms with E-state index in [-0.39, 0.29) is 39.2 Å². The Kier molecular flexibility index (Phi) is 23.9. The molecule has 10 N–H and O–H groups in total. The normalized spacial score (nSPS) is 13.3. The van der Waals surface area contributed by atoms with Gasteiger partial charge in [0.15, 0.2) is 5.03 Å². The van der Waals surface area contributed by atoms with Gasteiger partial charge in [0.05, 0.1) is 25.4 Å². The fourth-order valence-electron chi connectivity index (χ4n) is 6.30. The van der Waals surface area contributed by atoms with Gasteiger partial charge in [0, 0.05) is 6.54 Å². The van der Waals surface area contributed by atoms with Crippen molar-refractivity contribution in [3.05, 3.63) is 118 Å². The van der Waals surface area contributed by atoms with E-state index < -0.39 is 120 Å². The van der Waals surface area contributed by atoms with Gasteiger partial charge in [-0.25, -0.2) is 19.9 Å². The zero-order valence-electron chi connectivity index (χ0n) is 39.4. The molecule has 0 unspecified atom stereocenters. The molecule has 5 atom stereocenters. The van der Waals surface area contributed by atoms with Crippen LogP contribution in [-0.4, -0.2) is 102 Å². The molecule has 3 aromatic carbocycles. The van der Waals surface area contributed by atoms with Gasteiger partial charge in [0.25, 0.3) is 5.96 Å². The van der Waals surface area contributed by atoms with Crippen molar-refractivity contribution in [3.8, 4) is 0 Å². The molecule has 0 heterocycles. The second-order valence-corrected chi connectivity index (χ2v) is 16.5. The number of nitrogens with zero attached hydrogens (tertiary/aromatic N) is 2. The minimum Gasteiger partial charge on any atom is -0.461 e. The first-order valence-corrected chi connectivity index (χ1v) is 22.4. The lowest BCUT2D eigenvalue weighted by atomic mass is 10.0. The molecule has 0 bridgehead atoms. The van der Waals surface area contributed by atoms with Gasteiger partial charge in [-0.1, -0.05) is 124 Å². The lowest BCUT2D eigenvalue weighted by Crippen LogP contribution is -2.58. The monoisotopic (exact) mass is 974 g/mol. The van der Waals surface area contributed by atoms with Gasteiger partial charge in [0.2, 0.25) is 29.5 Å². The molecule has 5 amide bonds. The predicted molar refractivity (Wildman–Crippen MR) is 252 cm³/mol. The zero-order chi connectivity index (χ0) is 51.6. The topological polar surface area (TPSA) is 344 Å². The number of amides is 5. The van der Waals surface area contributed by atoms with E-state index in [0.29, 0.717) is 16.7 Å². The number of ether oxygens (including phenoxy) is 3. The number of aliphatic imine (C=N–C) groups is 1. The van der Waals surface area contributed by atoms with E-state index >= 15 is 0 Å². The summed E-state index contributed by atoms with van der Waals surface area (Å²) < 4.78 is 16.0. The van der Waals surface area contributed by atoms with Crippen LogP contribution in [0.5, 0.6) is 0 Å². The second-order valence-electron chi connectivity index (χ2n) is 16.5. The highest BCUT2D eigenvalue weighted by atomic mass is 16.7. The first-order chi connectivity index (χ1) is 33.3. The summed E-state index contributed by atoms with van der Waals surface area (Å²) in [5, 5.41) is 22.2. The van der Waals surface area contributed by atoms with Crippen molar-refractivity contribution in [3.63, 3.8) is 0 Å². The molecule has 0 aliphatic heterocycles. The molecule has 0 fully saturated rings. The number of rotatable bonds is 28. The van der Waals surface area contributed by atoms with Crippen LogP contribution in [0.15, 0.2) is 96.0 Å². The van der Waals surface area contributed by atoms with E-state index in [4.69, 9.17) is 25.7 Å². The summed E-state index contributed by atoms with van der Waals surface area (Å²) in [6, 6.07) is 19.4. The van der Waals surface area contributed by atoms with Gasteiger partial charge in [-0.15, -0.1) is 0 Å². The first kappa shape index (κ1) is 56.4. The lowest BCUT2D eigenvalue weighted by molar-refractivity contribution is -0.525. The summed E-state index contributed by atoms with van der Waals surface area (Å²) in [6.45, 7) is 5.30. The molecule has 3 aromatic rings. The molecule has 0 aliphatic rings. The second kappa shape index (κ2) is 29.7. The number of esters is 3. The number of hydrogen-bond acceptors (Lipinski definition) is 15.